The quantitative estimate of drug-likeness (QED) is 0.902. The van der Waals surface area contributed by atoms with Gasteiger partial charge in [-0.25, -0.2) is 4.39 Å². The molecule has 18 heavy (non-hydrogen) atoms. The van der Waals surface area contributed by atoms with Gasteiger partial charge in [0, 0.05) is 18.8 Å². The summed E-state index contributed by atoms with van der Waals surface area (Å²) >= 11 is 0. The number of carbonyl (C=O) groups excluding carboxylic acids is 1. The number of aromatic nitrogens is 2. The molecule has 0 bridgehead atoms. The molecule has 0 saturated carbocycles. The lowest BCUT2D eigenvalue weighted by Gasteiger charge is -2.12. The Morgan fingerprint density at radius 2 is 2.22 bits per heavy atom. The van der Waals surface area contributed by atoms with Crippen molar-refractivity contribution in [3.05, 3.63) is 48.5 Å². The molecule has 0 aliphatic rings. The maximum atomic E-state index is 13.3. The molecule has 0 saturated heterocycles. The number of benzene rings is 1. The minimum Gasteiger partial charge on any atom is -0.324 e. The van der Waals surface area contributed by atoms with Gasteiger partial charge in [-0.2, -0.15) is 5.10 Å². The molecule has 0 radical (unpaired) electrons. The molecule has 1 amide bonds. The lowest BCUT2D eigenvalue weighted by Crippen LogP contribution is -2.18. The van der Waals surface area contributed by atoms with Gasteiger partial charge in [0.25, 0.3) is 0 Å². The van der Waals surface area contributed by atoms with Crippen LogP contribution < -0.4 is 5.32 Å². The van der Waals surface area contributed by atoms with E-state index in [1.54, 1.807) is 35.3 Å². The van der Waals surface area contributed by atoms with E-state index >= 15 is 0 Å². The highest BCUT2D eigenvalue weighted by Gasteiger charge is 2.12. The number of halogens is 1. The first-order chi connectivity index (χ1) is 8.66. The Morgan fingerprint density at radius 3 is 2.89 bits per heavy atom. The van der Waals surface area contributed by atoms with Gasteiger partial charge >= 0.3 is 0 Å². The molecular formula is C13H14FN3O. The van der Waals surface area contributed by atoms with Crippen molar-refractivity contribution < 1.29 is 9.18 Å². The fourth-order valence-corrected chi connectivity index (χ4v) is 1.67. The van der Waals surface area contributed by atoms with Gasteiger partial charge < -0.3 is 5.32 Å². The van der Waals surface area contributed by atoms with Crippen molar-refractivity contribution in [3.8, 4) is 0 Å². The number of rotatable bonds is 4. The third-order valence-electron chi connectivity index (χ3n) is 2.61. The molecule has 5 heteroatoms. The van der Waals surface area contributed by atoms with Crippen molar-refractivity contribution in [2.75, 3.05) is 5.32 Å². The van der Waals surface area contributed by atoms with E-state index in [1.807, 2.05) is 6.92 Å². The van der Waals surface area contributed by atoms with Crippen molar-refractivity contribution in [2.45, 2.75) is 19.4 Å². The minimum absolute atomic E-state index is 0.0632. The van der Waals surface area contributed by atoms with E-state index in [0.717, 1.165) is 0 Å². The van der Waals surface area contributed by atoms with Gasteiger partial charge in [-0.05, 0) is 25.1 Å². The fraction of sp³-hybridized carbons (Fsp3) is 0.231. The fourth-order valence-electron chi connectivity index (χ4n) is 1.67. The van der Waals surface area contributed by atoms with Crippen molar-refractivity contribution in [2.24, 2.45) is 0 Å². The number of nitrogens with one attached hydrogen (secondary N) is 1. The predicted octanol–water partition coefficient (Wildman–Crippen LogP) is 2.61. The second kappa shape index (κ2) is 5.44. The topological polar surface area (TPSA) is 46.9 Å². The van der Waals surface area contributed by atoms with Crippen LogP contribution >= 0.6 is 0 Å². The van der Waals surface area contributed by atoms with Gasteiger partial charge in [0.15, 0.2) is 0 Å². The van der Waals surface area contributed by atoms with Gasteiger partial charge in [-0.15, -0.1) is 0 Å². The van der Waals surface area contributed by atoms with Crippen LogP contribution in [0.25, 0.3) is 0 Å². The lowest BCUT2D eigenvalue weighted by atomic mass is 10.2. The zero-order valence-corrected chi connectivity index (χ0v) is 10.0. The van der Waals surface area contributed by atoms with E-state index in [-0.39, 0.29) is 24.1 Å². The SMILES string of the molecule is CC(CC(=O)Nc1ccccc1F)n1cccn1. The van der Waals surface area contributed by atoms with Crippen molar-refractivity contribution in [1.29, 1.82) is 0 Å². The molecule has 2 aromatic rings. The highest BCUT2D eigenvalue weighted by Crippen LogP contribution is 2.15. The largest absolute Gasteiger partial charge is 0.324 e. The molecule has 1 heterocycles. The molecule has 0 aliphatic carbocycles. The molecule has 0 spiro atoms. The Morgan fingerprint density at radius 1 is 1.44 bits per heavy atom. The minimum atomic E-state index is -0.433. The third kappa shape index (κ3) is 2.94. The number of hydrogen-bond donors (Lipinski definition) is 1. The second-order valence-electron chi connectivity index (χ2n) is 4.07. The average Bonchev–Trinajstić information content (AvgIpc) is 2.85. The average molecular weight is 247 g/mol. The molecule has 94 valence electrons. The molecule has 0 aliphatic heterocycles. The van der Waals surface area contributed by atoms with Crippen LogP contribution in [0.5, 0.6) is 0 Å². The van der Waals surface area contributed by atoms with E-state index in [1.165, 1.54) is 12.1 Å². The van der Waals surface area contributed by atoms with Gasteiger partial charge in [0.05, 0.1) is 11.7 Å². The summed E-state index contributed by atoms with van der Waals surface area (Å²) in [6.07, 6.45) is 3.70. The van der Waals surface area contributed by atoms with Crippen LogP contribution in [0.4, 0.5) is 10.1 Å². The molecule has 1 atom stereocenters. The Kier molecular flexibility index (Phi) is 3.72. The molecule has 1 aromatic heterocycles. The third-order valence-corrected chi connectivity index (χ3v) is 2.61. The molecule has 4 nitrogen and oxygen atoms in total. The summed E-state index contributed by atoms with van der Waals surface area (Å²) in [5.41, 5.74) is 0.204. The van der Waals surface area contributed by atoms with Crippen LogP contribution in [0.1, 0.15) is 19.4 Å². The first-order valence-electron chi connectivity index (χ1n) is 5.70. The van der Waals surface area contributed by atoms with Crippen LogP contribution in [-0.4, -0.2) is 15.7 Å². The van der Waals surface area contributed by atoms with E-state index < -0.39 is 5.82 Å². The van der Waals surface area contributed by atoms with E-state index in [9.17, 15) is 9.18 Å². The normalized spacial score (nSPS) is 12.1. The first-order valence-corrected chi connectivity index (χ1v) is 5.70. The van der Waals surface area contributed by atoms with Crippen LogP contribution in [0.2, 0.25) is 0 Å². The van der Waals surface area contributed by atoms with Gasteiger partial charge in [-0.1, -0.05) is 12.1 Å². The Bertz CT molecular complexity index is 525. The van der Waals surface area contributed by atoms with Crippen LogP contribution in [0.15, 0.2) is 42.7 Å². The standard InChI is InChI=1S/C13H14FN3O/c1-10(17-8-4-7-15-17)9-13(18)16-12-6-3-2-5-11(12)14/h2-8,10H,9H2,1H3,(H,16,18). The molecule has 2 rings (SSSR count). The number of carbonyl (C=O) groups is 1. The molecule has 0 fully saturated rings. The van der Waals surface area contributed by atoms with Gasteiger partial charge in [-0.3, -0.25) is 9.48 Å². The first kappa shape index (κ1) is 12.3. The maximum Gasteiger partial charge on any atom is 0.226 e. The Labute approximate surface area is 104 Å². The number of para-hydroxylation sites is 1. The maximum absolute atomic E-state index is 13.3. The zero-order chi connectivity index (χ0) is 13.0. The number of nitrogens with zero attached hydrogens (tertiary/aromatic N) is 2. The summed E-state index contributed by atoms with van der Waals surface area (Å²) in [4.78, 5) is 11.8. The van der Waals surface area contributed by atoms with Crippen LogP contribution in [0.3, 0.4) is 0 Å². The monoisotopic (exact) mass is 247 g/mol. The van der Waals surface area contributed by atoms with E-state index in [2.05, 4.69) is 10.4 Å². The van der Waals surface area contributed by atoms with Crippen molar-refractivity contribution >= 4 is 11.6 Å². The van der Waals surface area contributed by atoms with Gasteiger partial charge in [0.1, 0.15) is 5.82 Å². The van der Waals surface area contributed by atoms with Crippen LogP contribution in [0, 0.1) is 5.82 Å². The predicted molar refractivity (Wildman–Crippen MR) is 66.6 cm³/mol. The summed E-state index contributed by atoms with van der Waals surface area (Å²) in [6.45, 7) is 1.88. The summed E-state index contributed by atoms with van der Waals surface area (Å²) in [6, 6.07) is 7.84. The van der Waals surface area contributed by atoms with Crippen LogP contribution in [-0.2, 0) is 4.79 Å². The highest BCUT2D eigenvalue weighted by molar-refractivity contribution is 5.91. The number of hydrogen-bond acceptors (Lipinski definition) is 2. The smallest absolute Gasteiger partial charge is 0.226 e. The van der Waals surface area contributed by atoms with Gasteiger partial charge in [0.2, 0.25) is 5.91 Å². The summed E-state index contributed by atoms with van der Waals surface area (Å²) in [5, 5.41) is 6.60. The zero-order valence-electron chi connectivity index (χ0n) is 10.0. The molecular weight excluding hydrogens is 233 g/mol. The summed E-state index contributed by atoms with van der Waals surface area (Å²) in [7, 11) is 0. The van der Waals surface area contributed by atoms with Crippen molar-refractivity contribution in [3.63, 3.8) is 0 Å². The summed E-state index contributed by atoms with van der Waals surface area (Å²) < 4.78 is 15.0. The second-order valence-corrected chi connectivity index (χ2v) is 4.07. The Balaban J connectivity index is 1.95. The van der Waals surface area contributed by atoms with Crippen molar-refractivity contribution in [1.82, 2.24) is 9.78 Å². The number of amides is 1. The van der Waals surface area contributed by atoms with E-state index in [4.69, 9.17) is 0 Å². The summed E-state index contributed by atoms with van der Waals surface area (Å²) in [5.74, 6) is -0.666. The molecule has 1 aromatic carbocycles. The molecule has 1 unspecified atom stereocenters. The molecule has 1 N–H and O–H groups in total. The highest BCUT2D eigenvalue weighted by atomic mass is 19.1. The number of anilines is 1. The Hall–Kier alpha value is -2.17. The van der Waals surface area contributed by atoms with E-state index in [0.29, 0.717) is 0 Å². The lowest BCUT2D eigenvalue weighted by molar-refractivity contribution is -0.116.